The van der Waals surface area contributed by atoms with Crippen LogP contribution in [0, 0.1) is 6.92 Å². The Labute approximate surface area is 257 Å². The fourth-order valence-corrected chi connectivity index (χ4v) is 6.09. The maximum atomic E-state index is 13.9. The molecular formula is C33H42FN5O5. The van der Waals surface area contributed by atoms with E-state index in [9.17, 15) is 19.1 Å². The van der Waals surface area contributed by atoms with Crippen molar-refractivity contribution >= 4 is 28.7 Å². The number of hydrogen-bond acceptors (Lipinski definition) is 8. The van der Waals surface area contributed by atoms with Gasteiger partial charge in [-0.1, -0.05) is 12.7 Å². The predicted octanol–water partition coefficient (Wildman–Crippen LogP) is 4.32. The summed E-state index contributed by atoms with van der Waals surface area (Å²) >= 11 is 0. The van der Waals surface area contributed by atoms with Crippen molar-refractivity contribution in [1.82, 2.24) is 19.4 Å². The predicted molar refractivity (Wildman–Crippen MR) is 172 cm³/mol. The Morgan fingerprint density at radius 3 is 2.59 bits per heavy atom. The summed E-state index contributed by atoms with van der Waals surface area (Å²) in [5.74, 6) is 0.830. The van der Waals surface area contributed by atoms with Gasteiger partial charge in [-0.15, -0.1) is 13.2 Å². The smallest absolute Gasteiger partial charge is 0.350 e. The van der Waals surface area contributed by atoms with E-state index in [1.54, 1.807) is 15.5 Å². The first-order chi connectivity index (χ1) is 21.2. The van der Waals surface area contributed by atoms with Crippen molar-refractivity contribution in [3.63, 3.8) is 0 Å². The number of ether oxygens (including phenoxy) is 2. The zero-order chi connectivity index (χ0) is 32.0. The SMILES string of the molecule is C=C.C=CC(=O)N1C[C@H](C)N(c2nc(=O)n3c4c(c(/C=C(O)/C=C\C=C\F)c(C)cc24)OC[C@H]3CN2CCOCC2)C[C@H]1C. The van der Waals surface area contributed by atoms with Gasteiger partial charge in [-0.2, -0.15) is 4.98 Å². The second-order valence-electron chi connectivity index (χ2n) is 11.1. The number of carbonyl (C=O) groups is 1. The number of hydrogen-bond donors (Lipinski definition) is 1. The van der Waals surface area contributed by atoms with Crippen LogP contribution in [0.25, 0.3) is 17.0 Å². The molecule has 2 fully saturated rings. The average molecular weight is 608 g/mol. The first-order valence-electron chi connectivity index (χ1n) is 14.8. The zero-order valence-corrected chi connectivity index (χ0v) is 25.7. The molecule has 0 spiro atoms. The maximum Gasteiger partial charge on any atom is 0.350 e. The van der Waals surface area contributed by atoms with Gasteiger partial charge in [0.15, 0.2) is 5.75 Å². The van der Waals surface area contributed by atoms with Crippen molar-refractivity contribution in [2.45, 2.75) is 38.9 Å². The van der Waals surface area contributed by atoms with E-state index in [0.717, 1.165) is 24.0 Å². The van der Waals surface area contributed by atoms with E-state index in [1.807, 2.05) is 26.8 Å². The number of aliphatic hydroxyl groups is 1. The Balaban J connectivity index is 0.00000216. The number of aromatic nitrogens is 2. The molecule has 1 N–H and O–H groups in total. The second kappa shape index (κ2) is 14.5. The van der Waals surface area contributed by atoms with Gasteiger partial charge in [0.05, 0.1) is 31.1 Å². The summed E-state index contributed by atoms with van der Waals surface area (Å²) < 4.78 is 26.1. The highest BCUT2D eigenvalue weighted by Gasteiger charge is 2.36. The molecule has 0 unspecified atom stereocenters. The fourth-order valence-electron chi connectivity index (χ4n) is 6.09. The van der Waals surface area contributed by atoms with Gasteiger partial charge in [0.1, 0.15) is 18.2 Å². The van der Waals surface area contributed by atoms with Crippen molar-refractivity contribution < 1.29 is 23.8 Å². The highest BCUT2D eigenvalue weighted by Crippen LogP contribution is 2.41. The summed E-state index contributed by atoms with van der Waals surface area (Å²) in [7, 11) is 0. The quantitative estimate of drug-likeness (QED) is 0.215. The molecule has 44 heavy (non-hydrogen) atoms. The molecule has 236 valence electrons. The summed E-state index contributed by atoms with van der Waals surface area (Å²) in [6.45, 7) is 20.2. The van der Waals surface area contributed by atoms with E-state index in [-0.39, 0.29) is 42.1 Å². The van der Waals surface area contributed by atoms with Crippen LogP contribution in [-0.4, -0.2) is 95.0 Å². The first-order valence-corrected chi connectivity index (χ1v) is 14.8. The molecule has 0 saturated carbocycles. The number of anilines is 1. The molecule has 5 rings (SSSR count). The number of morpholine rings is 1. The average Bonchev–Trinajstić information content (AvgIpc) is 3.03. The Morgan fingerprint density at radius 2 is 1.91 bits per heavy atom. The molecule has 0 aliphatic carbocycles. The van der Waals surface area contributed by atoms with Crippen LogP contribution in [0.3, 0.4) is 0 Å². The van der Waals surface area contributed by atoms with Crippen molar-refractivity contribution in [3.8, 4) is 5.75 Å². The Hall–Kier alpha value is -4.22. The minimum absolute atomic E-state index is 0.0838. The Kier molecular flexibility index (Phi) is 10.8. The minimum Gasteiger partial charge on any atom is -0.508 e. The number of halogens is 1. The van der Waals surface area contributed by atoms with Gasteiger partial charge in [-0.25, -0.2) is 9.18 Å². The van der Waals surface area contributed by atoms with Crippen LogP contribution in [0.4, 0.5) is 10.2 Å². The van der Waals surface area contributed by atoms with Crippen LogP contribution in [-0.2, 0) is 9.53 Å². The molecule has 1 aromatic carbocycles. The fraction of sp³-hybridized carbons (Fsp3) is 0.424. The van der Waals surface area contributed by atoms with E-state index in [0.29, 0.717) is 61.8 Å². The lowest BCUT2D eigenvalue weighted by molar-refractivity contribution is -0.128. The van der Waals surface area contributed by atoms with Gasteiger partial charge in [0.25, 0.3) is 0 Å². The summed E-state index contributed by atoms with van der Waals surface area (Å²) in [6.07, 6.45) is 7.23. The van der Waals surface area contributed by atoms with Crippen LogP contribution in [0.15, 0.2) is 67.0 Å². The number of nitrogens with zero attached hydrogens (tertiary/aromatic N) is 5. The number of aryl methyl sites for hydroxylation is 1. The van der Waals surface area contributed by atoms with Crippen LogP contribution in [0.2, 0.25) is 0 Å². The summed E-state index contributed by atoms with van der Waals surface area (Å²) in [4.78, 5) is 37.2. The van der Waals surface area contributed by atoms with Gasteiger partial charge < -0.3 is 24.4 Å². The third-order valence-corrected chi connectivity index (χ3v) is 8.21. The van der Waals surface area contributed by atoms with E-state index in [4.69, 9.17) is 9.47 Å². The Bertz CT molecular complexity index is 1530. The van der Waals surface area contributed by atoms with Crippen molar-refractivity contribution in [2.24, 2.45) is 0 Å². The van der Waals surface area contributed by atoms with Gasteiger partial charge in [0.2, 0.25) is 5.91 Å². The lowest BCUT2D eigenvalue weighted by atomic mass is 9.99. The molecular weight excluding hydrogens is 565 g/mol. The zero-order valence-electron chi connectivity index (χ0n) is 25.7. The molecule has 1 aromatic heterocycles. The molecule has 3 aliphatic heterocycles. The van der Waals surface area contributed by atoms with E-state index < -0.39 is 0 Å². The normalized spacial score (nSPS) is 22.6. The van der Waals surface area contributed by atoms with Gasteiger partial charge >= 0.3 is 5.69 Å². The van der Waals surface area contributed by atoms with Gasteiger partial charge in [-0.05, 0) is 56.7 Å². The van der Waals surface area contributed by atoms with E-state index in [1.165, 1.54) is 24.3 Å². The minimum atomic E-state index is -0.374. The first kappa shape index (κ1) is 32.7. The third kappa shape index (κ3) is 6.63. The van der Waals surface area contributed by atoms with Crippen molar-refractivity contribution in [2.75, 3.05) is 57.4 Å². The molecule has 3 atom stereocenters. The topological polar surface area (TPSA) is 100 Å². The largest absolute Gasteiger partial charge is 0.508 e. The van der Waals surface area contributed by atoms with Gasteiger partial charge in [-0.3, -0.25) is 14.3 Å². The third-order valence-electron chi connectivity index (χ3n) is 8.21. The second-order valence-corrected chi connectivity index (χ2v) is 11.1. The molecule has 0 radical (unpaired) electrons. The molecule has 1 amide bonds. The van der Waals surface area contributed by atoms with Crippen LogP contribution < -0.4 is 15.3 Å². The van der Waals surface area contributed by atoms with E-state index >= 15 is 0 Å². The highest BCUT2D eigenvalue weighted by atomic mass is 19.1. The molecule has 10 nitrogen and oxygen atoms in total. The molecule has 2 saturated heterocycles. The highest BCUT2D eigenvalue weighted by molar-refractivity contribution is 5.98. The molecule has 11 heteroatoms. The van der Waals surface area contributed by atoms with E-state index in [2.05, 4.69) is 34.5 Å². The number of piperazine rings is 1. The summed E-state index contributed by atoms with van der Waals surface area (Å²) in [5.41, 5.74) is 1.70. The molecule has 0 bridgehead atoms. The van der Waals surface area contributed by atoms with Crippen molar-refractivity contribution in [3.05, 3.63) is 83.8 Å². The lowest BCUT2D eigenvalue weighted by Gasteiger charge is -2.45. The number of amides is 1. The number of carbonyl (C=O) groups excluding carboxylic acids is 1. The molecule has 4 heterocycles. The summed E-state index contributed by atoms with van der Waals surface area (Å²) in [5, 5.41) is 11.4. The van der Waals surface area contributed by atoms with Crippen molar-refractivity contribution in [1.29, 1.82) is 0 Å². The maximum absolute atomic E-state index is 13.9. The summed E-state index contributed by atoms with van der Waals surface area (Å²) in [6, 6.07) is 1.48. The molecule has 3 aliphatic rings. The number of rotatable bonds is 7. The van der Waals surface area contributed by atoms with Crippen LogP contribution in [0.5, 0.6) is 5.75 Å². The monoisotopic (exact) mass is 607 g/mol. The van der Waals surface area contributed by atoms with Crippen LogP contribution in [0.1, 0.15) is 31.0 Å². The van der Waals surface area contributed by atoms with Gasteiger partial charge in [0, 0.05) is 55.8 Å². The standard InChI is InChI=1S/C31H38FN5O5.C2H4/c1-5-27(39)35-16-22(4)36(17-21(35)3)30-26-14-20(2)25(15-24(38)8-6-7-9-32)29-28(26)37(31(40)33-30)23(19-42-29)18-34-10-12-41-13-11-34;1-2/h5-9,14-15,21-23,38H,1,10-13,16-19H2,2-4H3;1-2H2/b8-6-,9-7+,24-15-;/t21-,22+,23-;/m1./s1. The Morgan fingerprint density at radius 1 is 1.18 bits per heavy atom. The number of aliphatic hydroxyl groups excluding tert-OH is 1. The lowest BCUT2D eigenvalue weighted by Crippen LogP contribution is -2.58. The number of benzene rings is 1. The molecule has 2 aromatic rings. The van der Waals surface area contributed by atoms with Crippen LogP contribution >= 0.6 is 0 Å². The number of allylic oxidation sites excluding steroid dienone is 3.